The molecule has 3 atom stereocenters. The Kier molecular flexibility index (Phi) is 8.98. The molecular formula is C18H39N. The first-order valence-corrected chi connectivity index (χ1v) is 8.49. The van der Waals surface area contributed by atoms with Crippen molar-refractivity contribution in [3.05, 3.63) is 0 Å². The van der Waals surface area contributed by atoms with E-state index in [2.05, 4.69) is 48.5 Å². The maximum Gasteiger partial charge on any atom is -0.00462 e. The Hall–Kier alpha value is -0.0400. The Bertz CT molecular complexity index is 220. The summed E-state index contributed by atoms with van der Waals surface area (Å²) in [5.74, 6) is 3.08. The first kappa shape index (κ1) is 19.0. The van der Waals surface area contributed by atoms with Gasteiger partial charge in [0.15, 0.2) is 0 Å². The average molecular weight is 270 g/mol. The van der Waals surface area contributed by atoms with Gasteiger partial charge >= 0.3 is 0 Å². The molecule has 116 valence electrons. The molecule has 0 bridgehead atoms. The van der Waals surface area contributed by atoms with Crippen LogP contribution in [0.5, 0.6) is 0 Å². The van der Waals surface area contributed by atoms with Gasteiger partial charge in [-0.2, -0.15) is 0 Å². The Morgan fingerprint density at radius 1 is 1.05 bits per heavy atom. The summed E-state index contributed by atoms with van der Waals surface area (Å²) in [7, 11) is 0. The third kappa shape index (κ3) is 6.79. The largest absolute Gasteiger partial charge is 0.330 e. The smallest absolute Gasteiger partial charge is 0.00462 e. The third-order valence-corrected chi connectivity index (χ3v) is 5.43. The van der Waals surface area contributed by atoms with Gasteiger partial charge in [-0.25, -0.2) is 0 Å². The molecule has 0 heterocycles. The molecule has 0 aromatic heterocycles. The van der Waals surface area contributed by atoms with Crippen LogP contribution in [0, 0.1) is 29.1 Å². The summed E-state index contributed by atoms with van der Waals surface area (Å²) < 4.78 is 0. The van der Waals surface area contributed by atoms with E-state index in [1.807, 2.05) is 0 Å². The maximum absolute atomic E-state index is 6.05. The van der Waals surface area contributed by atoms with E-state index in [1.54, 1.807) is 0 Å². The standard InChI is InChI=1S/C18H39N/c1-8-17(14(3)4)15(5)16(13-19)11-10-12-18(6,7)9-2/h14-17H,8-13,19H2,1-7H3. The van der Waals surface area contributed by atoms with Gasteiger partial charge in [0.2, 0.25) is 0 Å². The molecule has 0 aliphatic heterocycles. The molecule has 0 aromatic rings. The highest BCUT2D eigenvalue weighted by molar-refractivity contribution is 4.77. The van der Waals surface area contributed by atoms with Gasteiger partial charge in [-0.1, -0.05) is 67.7 Å². The van der Waals surface area contributed by atoms with Crippen LogP contribution in [0.4, 0.5) is 0 Å². The molecule has 0 saturated carbocycles. The van der Waals surface area contributed by atoms with E-state index in [0.29, 0.717) is 11.3 Å². The third-order valence-electron chi connectivity index (χ3n) is 5.43. The number of nitrogens with two attached hydrogens (primary N) is 1. The molecule has 0 spiro atoms. The Morgan fingerprint density at radius 3 is 2.00 bits per heavy atom. The minimum absolute atomic E-state index is 0.505. The highest BCUT2D eigenvalue weighted by Crippen LogP contribution is 2.34. The predicted molar refractivity (Wildman–Crippen MR) is 88.3 cm³/mol. The quantitative estimate of drug-likeness (QED) is 0.558. The lowest BCUT2D eigenvalue weighted by Crippen LogP contribution is -2.30. The van der Waals surface area contributed by atoms with Gasteiger partial charge < -0.3 is 5.73 Å². The molecule has 0 radical (unpaired) electrons. The molecule has 0 saturated heterocycles. The molecule has 0 rings (SSSR count). The summed E-state index contributed by atoms with van der Waals surface area (Å²) in [4.78, 5) is 0. The molecule has 19 heavy (non-hydrogen) atoms. The van der Waals surface area contributed by atoms with Gasteiger partial charge in [0, 0.05) is 0 Å². The summed E-state index contributed by atoms with van der Waals surface area (Å²) in [6.07, 6.45) is 6.55. The van der Waals surface area contributed by atoms with E-state index >= 15 is 0 Å². The van der Waals surface area contributed by atoms with Crippen molar-refractivity contribution in [2.45, 2.75) is 80.6 Å². The summed E-state index contributed by atoms with van der Waals surface area (Å²) in [6, 6.07) is 0. The van der Waals surface area contributed by atoms with Gasteiger partial charge in [-0.3, -0.25) is 0 Å². The fourth-order valence-electron chi connectivity index (χ4n) is 3.41. The van der Waals surface area contributed by atoms with E-state index in [9.17, 15) is 0 Å². The van der Waals surface area contributed by atoms with Crippen molar-refractivity contribution in [2.24, 2.45) is 34.8 Å². The summed E-state index contributed by atoms with van der Waals surface area (Å²) in [5, 5.41) is 0. The Morgan fingerprint density at radius 2 is 1.63 bits per heavy atom. The molecule has 0 amide bonds. The predicted octanol–water partition coefficient (Wildman–Crippen LogP) is 5.49. The van der Waals surface area contributed by atoms with Crippen LogP contribution in [0.2, 0.25) is 0 Å². The highest BCUT2D eigenvalue weighted by atomic mass is 14.6. The second-order valence-corrected chi connectivity index (χ2v) is 7.58. The molecule has 0 aromatic carbocycles. The zero-order valence-electron chi connectivity index (χ0n) is 14.6. The van der Waals surface area contributed by atoms with Gasteiger partial charge in [0.05, 0.1) is 0 Å². The first-order chi connectivity index (χ1) is 8.79. The van der Waals surface area contributed by atoms with Gasteiger partial charge in [-0.15, -0.1) is 0 Å². The fraction of sp³-hybridized carbons (Fsp3) is 1.00. The average Bonchev–Trinajstić information content (AvgIpc) is 2.34. The number of hydrogen-bond acceptors (Lipinski definition) is 1. The van der Waals surface area contributed by atoms with Crippen molar-refractivity contribution in [3.8, 4) is 0 Å². The van der Waals surface area contributed by atoms with Crippen LogP contribution >= 0.6 is 0 Å². The lowest BCUT2D eigenvalue weighted by molar-refractivity contribution is 0.175. The summed E-state index contributed by atoms with van der Waals surface area (Å²) >= 11 is 0. The topological polar surface area (TPSA) is 26.0 Å². The SMILES string of the molecule is CCC(C(C)C)C(C)C(CN)CCCC(C)(C)CC. The molecule has 1 nitrogen and oxygen atoms in total. The summed E-state index contributed by atoms with van der Waals surface area (Å²) in [6.45, 7) is 17.4. The molecule has 2 N–H and O–H groups in total. The van der Waals surface area contributed by atoms with Crippen LogP contribution in [-0.4, -0.2) is 6.54 Å². The van der Waals surface area contributed by atoms with Gasteiger partial charge in [0.25, 0.3) is 0 Å². The minimum Gasteiger partial charge on any atom is -0.330 e. The first-order valence-electron chi connectivity index (χ1n) is 8.49. The van der Waals surface area contributed by atoms with Crippen LogP contribution < -0.4 is 5.73 Å². The lowest BCUT2D eigenvalue weighted by Gasteiger charge is -2.33. The van der Waals surface area contributed by atoms with Crippen molar-refractivity contribution >= 4 is 0 Å². The second-order valence-electron chi connectivity index (χ2n) is 7.58. The molecule has 1 heteroatoms. The highest BCUT2D eigenvalue weighted by Gasteiger charge is 2.26. The van der Waals surface area contributed by atoms with Crippen molar-refractivity contribution in [1.29, 1.82) is 0 Å². The molecule has 0 aliphatic carbocycles. The van der Waals surface area contributed by atoms with Crippen LogP contribution in [0.25, 0.3) is 0 Å². The Balaban J connectivity index is 4.34. The zero-order chi connectivity index (χ0) is 15.1. The molecular weight excluding hydrogens is 230 g/mol. The van der Waals surface area contributed by atoms with E-state index < -0.39 is 0 Å². The summed E-state index contributed by atoms with van der Waals surface area (Å²) in [5.41, 5.74) is 6.55. The molecule has 0 aliphatic rings. The van der Waals surface area contributed by atoms with Crippen LogP contribution in [0.1, 0.15) is 80.6 Å². The fourth-order valence-corrected chi connectivity index (χ4v) is 3.41. The monoisotopic (exact) mass is 269 g/mol. The van der Waals surface area contributed by atoms with Gasteiger partial charge in [-0.05, 0) is 48.5 Å². The van der Waals surface area contributed by atoms with Gasteiger partial charge in [0.1, 0.15) is 0 Å². The lowest BCUT2D eigenvalue weighted by atomic mass is 9.73. The molecule has 3 unspecified atom stereocenters. The second kappa shape index (κ2) is 9.00. The van der Waals surface area contributed by atoms with Crippen molar-refractivity contribution < 1.29 is 0 Å². The minimum atomic E-state index is 0.505. The maximum atomic E-state index is 6.05. The van der Waals surface area contributed by atoms with Crippen LogP contribution in [0.15, 0.2) is 0 Å². The van der Waals surface area contributed by atoms with Crippen molar-refractivity contribution in [3.63, 3.8) is 0 Å². The van der Waals surface area contributed by atoms with E-state index in [4.69, 9.17) is 5.73 Å². The van der Waals surface area contributed by atoms with Crippen molar-refractivity contribution in [2.75, 3.05) is 6.54 Å². The zero-order valence-corrected chi connectivity index (χ0v) is 14.6. The van der Waals surface area contributed by atoms with Crippen molar-refractivity contribution in [1.82, 2.24) is 0 Å². The number of hydrogen-bond donors (Lipinski definition) is 1. The molecule has 0 fully saturated rings. The number of rotatable bonds is 10. The van der Waals surface area contributed by atoms with Crippen LogP contribution in [0.3, 0.4) is 0 Å². The van der Waals surface area contributed by atoms with E-state index in [1.165, 1.54) is 32.1 Å². The Labute approximate surface area is 122 Å². The van der Waals surface area contributed by atoms with Crippen LogP contribution in [-0.2, 0) is 0 Å². The van der Waals surface area contributed by atoms with E-state index in [-0.39, 0.29) is 0 Å². The van der Waals surface area contributed by atoms with E-state index in [0.717, 1.165) is 24.3 Å². The normalized spacial score (nSPS) is 17.5.